The minimum atomic E-state index is -4.44. The monoisotopic (exact) mass is 423 g/mol. The zero-order valence-electron chi connectivity index (χ0n) is 15.9. The lowest BCUT2D eigenvalue weighted by Gasteiger charge is -2.09. The van der Waals surface area contributed by atoms with Gasteiger partial charge >= 0.3 is 6.18 Å². The van der Waals surface area contributed by atoms with Crippen molar-refractivity contribution in [1.29, 1.82) is 0 Å². The van der Waals surface area contributed by atoms with Crippen LogP contribution in [-0.4, -0.2) is 22.5 Å². The van der Waals surface area contributed by atoms with Crippen molar-refractivity contribution in [3.8, 4) is 11.5 Å². The molecular weight excluding hydrogens is 403 g/mol. The third-order valence-corrected chi connectivity index (χ3v) is 4.69. The van der Waals surface area contributed by atoms with Gasteiger partial charge in [-0.3, -0.25) is 0 Å². The maximum absolute atomic E-state index is 12.6. The first-order valence-electron chi connectivity index (χ1n) is 8.90. The fraction of sp³-hybridized carbons (Fsp3) is 0.316. The molecule has 0 saturated carbocycles. The number of rotatable bonds is 6. The van der Waals surface area contributed by atoms with Crippen molar-refractivity contribution in [1.82, 2.24) is 20.6 Å². The number of thiazole rings is 1. The fourth-order valence-corrected chi connectivity index (χ4v) is 3.13. The summed E-state index contributed by atoms with van der Waals surface area (Å²) in [5, 5.41) is 7.35. The molecule has 0 spiro atoms. The Bertz CT molecular complexity index is 963. The lowest BCUT2D eigenvalue weighted by atomic mass is 10.1. The number of nitrogens with zero attached hydrogens (tertiary/aromatic N) is 3. The summed E-state index contributed by atoms with van der Waals surface area (Å²) in [5.74, 6) is 0.965. The number of hydrogen-bond donors (Lipinski definition) is 2. The van der Waals surface area contributed by atoms with Crippen LogP contribution in [0.1, 0.15) is 28.9 Å². The van der Waals surface area contributed by atoms with Crippen LogP contribution in [0, 0.1) is 6.92 Å². The minimum absolute atomic E-state index is 0.139. The number of halogens is 3. The number of aromatic nitrogens is 2. The van der Waals surface area contributed by atoms with E-state index >= 15 is 0 Å². The maximum Gasteiger partial charge on any atom is 0.434 e. The molecule has 0 atom stereocenters. The van der Waals surface area contributed by atoms with Crippen LogP contribution in [0.15, 0.2) is 45.3 Å². The molecular formula is C19H20F3N5OS. The minimum Gasteiger partial charge on any atom is -0.444 e. The summed E-state index contributed by atoms with van der Waals surface area (Å²) in [6.45, 7) is 4.90. The average Bonchev–Trinajstić information content (AvgIpc) is 3.34. The van der Waals surface area contributed by atoms with Crippen molar-refractivity contribution in [2.75, 3.05) is 6.54 Å². The second-order valence-electron chi connectivity index (χ2n) is 6.18. The number of benzene rings is 1. The van der Waals surface area contributed by atoms with Crippen molar-refractivity contribution in [3.05, 3.63) is 57.9 Å². The van der Waals surface area contributed by atoms with E-state index in [0.29, 0.717) is 29.1 Å². The van der Waals surface area contributed by atoms with Crippen LogP contribution in [-0.2, 0) is 19.3 Å². The van der Waals surface area contributed by atoms with Crippen LogP contribution in [0.5, 0.6) is 0 Å². The van der Waals surface area contributed by atoms with Crippen LogP contribution in [0.25, 0.3) is 11.5 Å². The molecule has 10 heteroatoms. The molecule has 0 aliphatic rings. The van der Waals surface area contributed by atoms with E-state index in [2.05, 4.69) is 25.6 Å². The molecule has 0 radical (unpaired) electrons. The molecule has 154 valence electrons. The van der Waals surface area contributed by atoms with Gasteiger partial charge in [-0.15, -0.1) is 11.3 Å². The van der Waals surface area contributed by atoms with Crippen molar-refractivity contribution in [3.63, 3.8) is 0 Å². The third kappa shape index (κ3) is 5.80. The Kier molecular flexibility index (Phi) is 6.53. The van der Waals surface area contributed by atoms with E-state index in [1.54, 1.807) is 6.26 Å². The van der Waals surface area contributed by atoms with E-state index in [1.807, 2.05) is 38.1 Å². The summed E-state index contributed by atoms with van der Waals surface area (Å²) in [5.41, 5.74) is 1.79. The first-order chi connectivity index (χ1) is 13.8. The predicted molar refractivity (Wildman–Crippen MR) is 105 cm³/mol. The van der Waals surface area contributed by atoms with Gasteiger partial charge in [-0.1, -0.05) is 17.7 Å². The van der Waals surface area contributed by atoms with E-state index in [4.69, 9.17) is 4.42 Å². The van der Waals surface area contributed by atoms with E-state index in [0.717, 1.165) is 27.8 Å². The van der Waals surface area contributed by atoms with Crippen LogP contribution < -0.4 is 10.6 Å². The van der Waals surface area contributed by atoms with Gasteiger partial charge in [0, 0.05) is 17.5 Å². The third-order valence-electron chi connectivity index (χ3n) is 3.84. The summed E-state index contributed by atoms with van der Waals surface area (Å²) in [7, 11) is 0. The Hall–Kier alpha value is -2.88. The van der Waals surface area contributed by atoms with Crippen LogP contribution in [0.2, 0.25) is 0 Å². The van der Waals surface area contributed by atoms with Gasteiger partial charge in [0.15, 0.2) is 11.7 Å². The highest BCUT2D eigenvalue weighted by molar-refractivity contribution is 7.09. The van der Waals surface area contributed by atoms with Crippen molar-refractivity contribution in [2.24, 2.45) is 4.99 Å². The molecule has 1 aromatic carbocycles. The summed E-state index contributed by atoms with van der Waals surface area (Å²) < 4.78 is 43.4. The Morgan fingerprint density at radius 2 is 1.93 bits per heavy atom. The standard InChI is InChI=1S/C19H20F3N5OS/c1-3-23-18(25-9-16-27-15(11-29-16)19(20,21)22)24-8-14-10-28-17(26-14)13-6-4-12(2)5-7-13/h4-7,10-11H,3,8-9H2,1-2H3,(H2,23,24,25). The van der Waals surface area contributed by atoms with Gasteiger partial charge in [-0.05, 0) is 26.0 Å². The highest BCUT2D eigenvalue weighted by Crippen LogP contribution is 2.29. The molecule has 29 heavy (non-hydrogen) atoms. The number of aliphatic imine (C=N–C) groups is 1. The number of aryl methyl sites for hydroxylation is 1. The first-order valence-corrected chi connectivity index (χ1v) is 9.78. The van der Waals surface area contributed by atoms with E-state index in [9.17, 15) is 13.2 Å². The summed E-state index contributed by atoms with van der Waals surface area (Å²) in [4.78, 5) is 12.4. The number of nitrogens with one attached hydrogen (secondary N) is 2. The Morgan fingerprint density at radius 1 is 1.17 bits per heavy atom. The van der Waals surface area contributed by atoms with Gasteiger partial charge in [0.2, 0.25) is 5.89 Å². The normalized spacial score (nSPS) is 12.2. The van der Waals surface area contributed by atoms with Gasteiger partial charge < -0.3 is 15.1 Å². The Morgan fingerprint density at radius 3 is 2.59 bits per heavy atom. The molecule has 2 N–H and O–H groups in total. The number of oxazole rings is 1. The lowest BCUT2D eigenvalue weighted by molar-refractivity contribution is -0.140. The molecule has 6 nitrogen and oxygen atoms in total. The van der Waals surface area contributed by atoms with Crippen LogP contribution >= 0.6 is 11.3 Å². The molecule has 0 saturated heterocycles. The van der Waals surface area contributed by atoms with Crippen LogP contribution in [0.3, 0.4) is 0 Å². The quantitative estimate of drug-likeness (QED) is 0.455. The molecule has 0 bridgehead atoms. The molecule has 3 aromatic rings. The SMILES string of the molecule is CCNC(=NCc1coc(-c2ccc(C)cc2)n1)NCc1nc(C(F)(F)F)cs1. The Labute approximate surface area is 169 Å². The molecule has 2 heterocycles. The predicted octanol–water partition coefficient (Wildman–Crippen LogP) is 4.38. The van der Waals surface area contributed by atoms with Gasteiger partial charge in [0.1, 0.15) is 17.0 Å². The van der Waals surface area contributed by atoms with Crippen LogP contribution in [0.4, 0.5) is 13.2 Å². The smallest absolute Gasteiger partial charge is 0.434 e. The van der Waals surface area contributed by atoms with E-state index in [1.165, 1.54) is 0 Å². The van der Waals surface area contributed by atoms with Gasteiger partial charge in [0.05, 0.1) is 13.1 Å². The van der Waals surface area contributed by atoms with Crippen molar-refractivity contribution in [2.45, 2.75) is 33.1 Å². The summed E-state index contributed by atoms with van der Waals surface area (Å²) in [6.07, 6.45) is -2.89. The largest absolute Gasteiger partial charge is 0.444 e. The molecule has 0 fully saturated rings. The first kappa shape index (κ1) is 20.8. The van der Waals surface area contributed by atoms with E-state index in [-0.39, 0.29) is 13.1 Å². The average molecular weight is 423 g/mol. The van der Waals surface area contributed by atoms with Crippen molar-refractivity contribution >= 4 is 17.3 Å². The molecule has 0 aliphatic heterocycles. The molecule has 0 aliphatic carbocycles. The second-order valence-corrected chi connectivity index (χ2v) is 7.13. The van der Waals surface area contributed by atoms with Gasteiger partial charge in [-0.2, -0.15) is 13.2 Å². The van der Waals surface area contributed by atoms with E-state index < -0.39 is 11.9 Å². The molecule has 2 aromatic heterocycles. The molecule has 0 unspecified atom stereocenters. The zero-order chi connectivity index (χ0) is 20.9. The number of guanidine groups is 1. The van der Waals surface area contributed by atoms with Gasteiger partial charge in [-0.25, -0.2) is 15.0 Å². The summed E-state index contributed by atoms with van der Waals surface area (Å²) >= 11 is 0.949. The zero-order valence-corrected chi connectivity index (χ0v) is 16.7. The highest BCUT2D eigenvalue weighted by atomic mass is 32.1. The van der Waals surface area contributed by atoms with Crippen molar-refractivity contribution < 1.29 is 17.6 Å². The summed E-state index contributed by atoms with van der Waals surface area (Å²) in [6, 6.07) is 7.83. The second kappa shape index (κ2) is 9.08. The fourth-order valence-electron chi connectivity index (χ4n) is 2.39. The Balaban J connectivity index is 1.62. The number of alkyl halides is 3. The lowest BCUT2D eigenvalue weighted by Crippen LogP contribution is -2.36. The maximum atomic E-state index is 12.6. The molecule has 0 amide bonds. The number of hydrogen-bond acceptors (Lipinski definition) is 5. The topological polar surface area (TPSA) is 75.3 Å². The molecule has 3 rings (SSSR count). The van der Waals surface area contributed by atoms with Gasteiger partial charge in [0.25, 0.3) is 0 Å². The highest BCUT2D eigenvalue weighted by Gasteiger charge is 2.33.